The van der Waals surface area contributed by atoms with Gasteiger partial charge in [-0.2, -0.15) is 0 Å². The van der Waals surface area contributed by atoms with E-state index in [9.17, 15) is 9.90 Å². The van der Waals surface area contributed by atoms with Gasteiger partial charge in [0.25, 0.3) is 0 Å². The Bertz CT molecular complexity index is 573. The quantitative estimate of drug-likeness (QED) is 0.879. The van der Waals surface area contributed by atoms with Crippen molar-refractivity contribution in [3.8, 4) is 5.75 Å². The van der Waals surface area contributed by atoms with E-state index in [0.717, 1.165) is 15.0 Å². The number of methoxy groups -OCH3 is 1. The van der Waals surface area contributed by atoms with Crippen molar-refractivity contribution >= 4 is 27.4 Å². The molecule has 5 heteroatoms. The fourth-order valence-corrected chi connectivity index (χ4v) is 2.88. The number of aliphatic hydroxyl groups is 1. The Hall–Kier alpha value is -1.59. The van der Waals surface area contributed by atoms with Crippen LogP contribution in [-0.2, 0) is 4.79 Å². The van der Waals surface area contributed by atoms with Crippen LogP contribution in [0.25, 0.3) is 10.1 Å². The number of aliphatic carboxylic acids is 1. The van der Waals surface area contributed by atoms with Gasteiger partial charge in [0.05, 0.1) is 7.11 Å². The summed E-state index contributed by atoms with van der Waals surface area (Å²) in [5.74, 6) is -0.593. The van der Waals surface area contributed by atoms with Gasteiger partial charge in [-0.25, -0.2) is 4.79 Å². The summed E-state index contributed by atoms with van der Waals surface area (Å²) >= 11 is 1.46. The molecule has 2 aromatic rings. The van der Waals surface area contributed by atoms with E-state index in [2.05, 4.69) is 0 Å². The van der Waals surface area contributed by atoms with Crippen LogP contribution >= 0.6 is 11.3 Å². The van der Waals surface area contributed by atoms with Gasteiger partial charge in [-0.05, 0) is 25.1 Å². The third-order valence-electron chi connectivity index (χ3n) is 2.63. The van der Waals surface area contributed by atoms with Crippen LogP contribution in [0.15, 0.2) is 18.2 Å². The lowest BCUT2D eigenvalue weighted by atomic mass is 10.1. The number of carbonyl (C=O) groups is 1. The van der Waals surface area contributed by atoms with Crippen molar-refractivity contribution < 1.29 is 19.7 Å². The van der Waals surface area contributed by atoms with E-state index in [4.69, 9.17) is 9.84 Å². The fourth-order valence-electron chi connectivity index (χ4n) is 1.81. The zero-order valence-corrected chi connectivity index (χ0v) is 10.2. The summed E-state index contributed by atoms with van der Waals surface area (Å²) in [6.45, 7) is 1.80. The molecule has 0 radical (unpaired) electrons. The van der Waals surface area contributed by atoms with E-state index in [0.29, 0.717) is 11.3 Å². The third-order valence-corrected chi connectivity index (χ3v) is 3.73. The molecule has 0 aliphatic heterocycles. The molecule has 1 heterocycles. The largest absolute Gasteiger partial charge is 0.497 e. The standard InChI is InChI=1S/C12H12O4S/c1-6-10(11(13)12(14)15)8-5-7(16-2)3-4-9(8)17-6/h3-5,11,13H,1-2H3,(H,14,15). The van der Waals surface area contributed by atoms with Gasteiger partial charge in [-0.1, -0.05) is 0 Å². The Morgan fingerprint density at radius 1 is 1.47 bits per heavy atom. The maximum absolute atomic E-state index is 10.9. The highest BCUT2D eigenvalue weighted by Gasteiger charge is 2.23. The van der Waals surface area contributed by atoms with Crippen LogP contribution in [0.5, 0.6) is 5.75 Å². The van der Waals surface area contributed by atoms with Gasteiger partial charge in [-0.3, -0.25) is 0 Å². The molecule has 1 unspecified atom stereocenters. The van der Waals surface area contributed by atoms with Gasteiger partial charge in [0.1, 0.15) is 5.75 Å². The lowest BCUT2D eigenvalue weighted by molar-refractivity contribution is -0.146. The monoisotopic (exact) mass is 252 g/mol. The number of carboxylic acid groups (broad SMARTS) is 1. The highest BCUT2D eigenvalue weighted by Crippen LogP contribution is 2.36. The molecule has 0 saturated carbocycles. The highest BCUT2D eigenvalue weighted by atomic mass is 32.1. The minimum atomic E-state index is -1.49. The number of hydrogen-bond donors (Lipinski definition) is 2. The number of hydrogen-bond acceptors (Lipinski definition) is 4. The second-order valence-electron chi connectivity index (χ2n) is 3.67. The third kappa shape index (κ3) is 1.99. The summed E-state index contributed by atoms with van der Waals surface area (Å²) < 4.78 is 6.05. The van der Waals surface area contributed by atoms with Crippen molar-refractivity contribution in [2.24, 2.45) is 0 Å². The molecule has 90 valence electrons. The van der Waals surface area contributed by atoms with Crippen molar-refractivity contribution in [1.82, 2.24) is 0 Å². The molecule has 0 bridgehead atoms. The number of fused-ring (bicyclic) bond motifs is 1. The molecule has 1 atom stereocenters. The molecule has 2 N–H and O–H groups in total. The van der Waals surface area contributed by atoms with E-state index < -0.39 is 12.1 Å². The van der Waals surface area contributed by atoms with Crippen LogP contribution < -0.4 is 4.74 Å². The van der Waals surface area contributed by atoms with E-state index >= 15 is 0 Å². The van der Waals surface area contributed by atoms with Gasteiger partial charge in [0.15, 0.2) is 6.10 Å². The van der Waals surface area contributed by atoms with E-state index in [1.54, 1.807) is 20.1 Å². The molecule has 0 fully saturated rings. The summed E-state index contributed by atoms with van der Waals surface area (Å²) in [5.41, 5.74) is 0.455. The zero-order chi connectivity index (χ0) is 12.6. The number of aryl methyl sites for hydroxylation is 1. The molecular weight excluding hydrogens is 240 g/mol. The van der Waals surface area contributed by atoms with Crippen LogP contribution in [0.4, 0.5) is 0 Å². The van der Waals surface area contributed by atoms with Gasteiger partial charge in [0, 0.05) is 20.5 Å². The number of ether oxygens (including phenoxy) is 1. The minimum absolute atomic E-state index is 0.455. The van der Waals surface area contributed by atoms with Crippen molar-refractivity contribution in [1.29, 1.82) is 0 Å². The lowest BCUT2D eigenvalue weighted by Gasteiger charge is -2.06. The number of aliphatic hydroxyl groups excluding tert-OH is 1. The van der Waals surface area contributed by atoms with Crippen molar-refractivity contribution in [2.75, 3.05) is 7.11 Å². The molecule has 1 aromatic heterocycles. The average molecular weight is 252 g/mol. The number of rotatable bonds is 3. The van der Waals surface area contributed by atoms with Crippen molar-refractivity contribution in [3.05, 3.63) is 28.6 Å². The molecule has 0 amide bonds. The van der Waals surface area contributed by atoms with Crippen LogP contribution in [0.3, 0.4) is 0 Å². The van der Waals surface area contributed by atoms with Gasteiger partial charge in [0.2, 0.25) is 0 Å². The molecule has 17 heavy (non-hydrogen) atoms. The molecule has 0 aliphatic carbocycles. The molecule has 4 nitrogen and oxygen atoms in total. The van der Waals surface area contributed by atoms with Crippen LogP contribution in [0.2, 0.25) is 0 Å². The molecule has 0 spiro atoms. The molecule has 0 saturated heterocycles. The van der Waals surface area contributed by atoms with Crippen molar-refractivity contribution in [3.63, 3.8) is 0 Å². The normalized spacial score (nSPS) is 12.6. The Labute approximate surface area is 102 Å². The minimum Gasteiger partial charge on any atom is -0.497 e. The first-order valence-corrected chi connectivity index (χ1v) is 5.84. The predicted octanol–water partition coefficient (Wildman–Crippen LogP) is 2.34. The highest BCUT2D eigenvalue weighted by molar-refractivity contribution is 7.19. The average Bonchev–Trinajstić information content (AvgIpc) is 2.62. The first-order chi connectivity index (χ1) is 8.04. The summed E-state index contributed by atoms with van der Waals surface area (Å²) in [5, 5.41) is 19.3. The van der Waals surface area contributed by atoms with E-state index in [-0.39, 0.29) is 0 Å². The van der Waals surface area contributed by atoms with Crippen LogP contribution in [-0.4, -0.2) is 23.3 Å². The second kappa shape index (κ2) is 4.35. The van der Waals surface area contributed by atoms with E-state index in [1.807, 2.05) is 12.1 Å². The summed E-state index contributed by atoms with van der Waals surface area (Å²) in [4.78, 5) is 11.7. The number of carboxylic acids is 1. The molecular formula is C12H12O4S. The summed E-state index contributed by atoms with van der Waals surface area (Å²) in [7, 11) is 1.55. The Balaban J connectivity index is 2.68. The summed E-state index contributed by atoms with van der Waals surface area (Å²) in [6, 6.07) is 5.43. The predicted molar refractivity (Wildman–Crippen MR) is 65.7 cm³/mol. The maximum Gasteiger partial charge on any atom is 0.337 e. The van der Waals surface area contributed by atoms with Crippen LogP contribution in [0, 0.1) is 6.92 Å². The fraction of sp³-hybridized carbons (Fsp3) is 0.250. The summed E-state index contributed by atoms with van der Waals surface area (Å²) in [6.07, 6.45) is -1.49. The molecule has 2 rings (SSSR count). The topological polar surface area (TPSA) is 66.8 Å². The Morgan fingerprint density at radius 2 is 2.18 bits per heavy atom. The maximum atomic E-state index is 10.9. The lowest BCUT2D eigenvalue weighted by Crippen LogP contribution is -2.10. The number of benzene rings is 1. The SMILES string of the molecule is COc1ccc2sc(C)c(C(O)C(=O)O)c2c1. The number of thiophene rings is 1. The first-order valence-electron chi connectivity index (χ1n) is 5.02. The molecule has 1 aromatic carbocycles. The Morgan fingerprint density at radius 3 is 2.76 bits per heavy atom. The van der Waals surface area contributed by atoms with Gasteiger partial charge < -0.3 is 14.9 Å². The molecule has 0 aliphatic rings. The van der Waals surface area contributed by atoms with Crippen molar-refractivity contribution in [2.45, 2.75) is 13.0 Å². The first kappa shape index (κ1) is 11.9. The van der Waals surface area contributed by atoms with E-state index in [1.165, 1.54) is 11.3 Å². The van der Waals surface area contributed by atoms with Gasteiger partial charge in [-0.15, -0.1) is 11.3 Å². The smallest absolute Gasteiger partial charge is 0.337 e. The Kier molecular flexibility index (Phi) is 3.04. The second-order valence-corrected chi connectivity index (χ2v) is 4.93. The van der Waals surface area contributed by atoms with Gasteiger partial charge >= 0.3 is 5.97 Å². The van der Waals surface area contributed by atoms with Crippen LogP contribution in [0.1, 0.15) is 16.5 Å². The zero-order valence-electron chi connectivity index (χ0n) is 9.43.